The molecular formula is C19H21NO8S. The monoisotopic (exact) mass is 423 g/mol. The summed E-state index contributed by atoms with van der Waals surface area (Å²) in [6.45, 7) is 3.24. The normalized spacial score (nSPS) is 14.9. The minimum absolute atomic E-state index is 0.162. The number of methoxy groups -OCH3 is 1. The second-order valence-corrected chi connectivity index (χ2v) is 6.57. The largest absolute Gasteiger partial charge is 0.490 e. The lowest BCUT2D eigenvalue weighted by molar-refractivity contribution is -0.146. The Balaban J connectivity index is 2.19. The van der Waals surface area contributed by atoms with Crippen molar-refractivity contribution in [2.75, 3.05) is 33.5 Å². The zero-order chi connectivity index (χ0) is 21.4. The van der Waals surface area contributed by atoms with Gasteiger partial charge in [0.25, 0.3) is 11.1 Å². The molecule has 1 heterocycles. The number of carbonyl (C=O) groups is 4. The summed E-state index contributed by atoms with van der Waals surface area (Å²) in [6.07, 6.45) is 1.52. The first kappa shape index (κ1) is 22.3. The van der Waals surface area contributed by atoms with Crippen LogP contribution in [-0.4, -0.2) is 61.5 Å². The van der Waals surface area contributed by atoms with Gasteiger partial charge in [-0.3, -0.25) is 19.3 Å². The molecule has 2 rings (SSSR count). The Bertz CT molecular complexity index is 835. The maximum absolute atomic E-state index is 12.4. The molecule has 1 saturated heterocycles. The van der Waals surface area contributed by atoms with Gasteiger partial charge in [0.05, 0.1) is 25.2 Å². The topological polar surface area (TPSA) is 108 Å². The van der Waals surface area contributed by atoms with E-state index in [-0.39, 0.29) is 18.1 Å². The number of hydrogen-bond donors (Lipinski definition) is 0. The van der Waals surface area contributed by atoms with Crippen LogP contribution in [0.3, 0.4) is 0 Å². The average molecular weight is 423 g/mol. The van der Waals surface area contributed by atoms with Gasteiger partial charge in [0, 0.05) is 0 Å². The van der Waals surface area contributed by atoms with Crippen LogP contribution in [-0.2, 0) is 23.9 Å². The maximum Gasteiger partial charge on any atom is 0.343 e. The highest BCUT2D eigenvalue weighted by molar-refractivity contribution is 8.18. The molecule has 1 fully saturated rings. The number of imide groups is 1. The zero-order valence-corrected chi connectivity index (χ0v) is 17.1. The lowest BCUT2D eigenvalue weighted by atomic mass is 10.2. The van der Waals surface area contributed by atoms with Crippen molar-refractivity contribution in [3.8, 4) is 11.5 Å². The molecule has 156 valence electrons. The molecule has 0 unspecified atom stereocenters. The van der Waals surface area contributed by atoms with Crippen LogP contribution in [0.15, 0.2) is 23.1 Å². The molecule has 0 aliphatic carbocycles. The van der Waals surface area contributed by atoms with Crippen molar-refractivity contribution >= 4 is 40.9 Å². The van der Waals surface area contributed by atoms with Gasteiger partial charge in [0.2, 0.25) is 0 Å². The van der Waals surface area contributed by atoms with Crippen LogP contribution in [0.1, 0.15) is 19.4 Å². The molecule has 0 radical (unpaired) electrons. The smallest absolute Gasteiger partial charge is 0.343 e. The Labute approximate surface area is 171 Å². The van der Waals surface area contributed by atoms with Crippen LogP contribution in [0.5, 0.6) is 11.5 Å². The average Bonchev–Trinajstić information content (AvgIpc) is 2.95. The number of ether oxygens (including phenoxy) is 4. The molecule has 0 saturated carbocycles. The number of carbonyl (C=O) groups excluding carboxylic acids is 4. The number of rotatable bonds is 9. The molecule has 0 N–H and O–H groups in total. The third kappa shape index (κ3) is 5.98. The van der Waals surface area contributed by atoms with E-state index >= 15 is 0 Å². The second kappa shape index (κ2) is 10.5. The summed E-state index contributed by atoms with van der Waals surface area (Å²) in [5.74, 6) is -1.05. The highest BCUT2D eigenvalue weighted by atomic mass is 32.2. The summed E-state index contributed by atoms with van der Waals surface area (Å²) >= 11 is 0.735. The number of hydrogen-bond acceptors (Lipinski definition) is 9. The quantitative estimate of drug-likeness (QED) is 0.436. The van der Waals surface area contributed by atoms with Gasteiger partial charge in [-0.2, -0.15) is 0 Å². The Morgan fingerprint density at radius 1 is 1.07 bits per heavy atom. The minimum atomic E-state index is -0.651. The Morgan fingerprint density at radius 2 is 1.83 bits per heavy atom. The van der Waals surface area contributed by atoms with E-state index in [2.05, 4.69) is 4.74 Å². The van der Waals surface area contributed by atoms with Crippen molar-refractivity contribution in [3.63, 3.8) is 0 Å². The van der Waals surface area contributed by atoms with Crippen LogP contribution < -0.4 is 9.47 Å². The highest BCUT2D eigenvalue weighted by Crippen LogP contribution is 2.34. The summed E-state index contributed by atoms with van der Waals surface area (Å²) in [5, 5.41) is -0.544. The van der Waals surface area contributed by atoms with E-state index in [9.17, 15) is 19.2 Å². The lowest BCUT2D eigenvalue weighted by Gasteiger charge is -2.12. The molecule has 2 amide bonds. The molecule has 1 aliphatic rings. The van der Waals surface area contributed by atoms with Crippen molar-refractivity contribution in [1.29, 1.82) is 0 Å². The van der Waals surface area contributed by atoms with Crippen molar-refractivity contribution in [3.05, 3.63) is 28.7 Å². The summed E-state index contributed by atoms with van der Waals surface area (Å²) in [5.41, 5.74) is 0.584. The number of benzene rings is 1. The third-order valence-corrected chi connectivity index (χ3v) is 4.51. The van der Waals surface area contributed by atoms with Crippen LogP contribution in [0.25, 0.3) is 6.08 Å². The Hall–Kier alpha value is -3.01. The van der Waals surface area contributed by atoms with E-state index < -0.39 is 29.6 Å². The van der Waals surface area contributed by atoms with E-state index in [0.717, 1.165) is 16.7 Å². The van der Waals surface area contributed by atoms with Gasteiger partial charge in [-0.1, -0.05) is 6.07 Å². The van der Waals surface area contributed by atoms with E-state index in [4.69, 9.17) is 14.2 Å². The first-order valence-electron chi connectivity index (χ1n) is 8.77. The van der Waals surface area contributed by atoms with Crippen LogP contribution >= 0.6 is 11.8 Å². The molecule has 10 heteroatoms. The van der Waals surface area contributed by atoms with Crippen molar-refractivity contribution in [2.45, 2.75) is 13.8 Å². The van der Waals surface area contributed by atoms with Crippen LogP contribution in [0.4, 0.5) is 4.79 Å². The molecule has 0 bridgehead atoms. The molecule has 9 nitrogen and oxygen atoms in total. The van der Waals surface area contributed by atoms with Gasteiger partial charge < -0.3 is 18.9 Å². The molecule has 1 aromatic carbocycles. The molecule has 1 aliphatic heterocycles. The van der Waals surface area contributed by atoms with Gasteiger partial charge in [-0.05, 0) is 49.4 Å². The van der Waals surface area contributed by atoms with E-state index in [1.54, 1.807) is 32.0 Å². The van der Waals surface area contributed by atoms with Gasteiger partial charge >= 0.3 is 11.9 Å². The molecule has 0 atom stereocenters. The van der Waals surface area contributed by atoms with Gasteiger partial charge in [-0.25, -0.2) is 4.79 Å². The first-order chi connectivity index (χ1) is 13.9. The van der Waals surface area contributed by atoms with Crippen molar-refractivity contribution in [1.82, 2.24) is 4.90 Å². The molecule has 1 aromatic rings. The summed E-state index contributed by atoms with van der Waals surface area (Å²) in [7, 11) is 1.26. The molecule has 0 aromatic heterocycles. The third-order valence-electron chi connectivity index (χ3n) is 3.60. The fourth-order valence-corrected chi connectivity index (χ4v) is 3.16. The fraction of sp³-hybridized carbons (Fsp3) is 0.368. The van der Waals surface area contributed by atoms with Crippen LogP contribution in [0, 0.1) is 0 Å². The number of thioether (sulfide) groups is 1. The lowest BCUT2D eigenvalue weighted by Crippen LogP contribution is -2.34. The Kier molecular flexibility index (Phi) is 8.08. The highest BCUT2D eigenvalue weighted by Gasteiger charge is 2.36. The summed E-state index contributed by atoms with van der Waals surface area (Å²) in [6, 6.07) is 4.85. The number of amides is 2. The summed E-state index contributed by atoms with van der Waals surface area (Å²) < 4.78 is 20.2. The molecular weight excluding hydrogens is 402 g/mol. The SMILES string of the molecule is CCOC(=O)CN1C(=O)S/C(=C/c2ccc(OCC(=O)OC)c(OCC)c2)C1=O. The number of esters is 2. The minimum Gasteiger partial charge on any atom is -0.490 e. The Morgan fingerprint density at radius 3 is 2.48 bits per heavy atom. The standard InChI is InChI=1S/C19H21NO8S/c1-4-26-14-8-12(6-7-13(14)28-11-17(22)25-3)9-15-18(23)20(19(24)29-15)10-16(21)27-5-2/h6-9H,4-5,10-11H2,1-3H3/b15-9+. The van der Waals surface area contributed by atoms with Crippen molar-refractivity contribution < 1.29 is 38.1 Å². The van der Waals surface area contributed by atoms with Crippen LogP contribution in [0.2, 0.25) is 0 Å². The van der Waals surface area contributed by atoms with Gasteiger partial charge in [-0.15, -0.1) is 0 Å². The fourth-order valence-electron chi connectivity index (χ4n) is 2.32. The number of nitrogens with zero attached hydrogens (tertiary/aromatic N) is 1. The molecule has 0 spiro atoms. The van der Waals surface area contributed by atoms with Crippen molar-refractivity contribution in [2.24, 2.45) is 0 Å². The second-order valence-electron chi connectivity index (χ2n) is 5.58. The van der Waals surface area contributed by atoms with Gasteiger partial charge in [0.15, 0.2) is 18.1 Å². The first-order valence-corrected chi connectivity index (χ1v) is 9.58. The van der Waals surface area contributed by atoms with E-state index in [0.29, 0.717) is 23.7 Å². The predicted octanol–water partition coefficient (Wildman–Crippen LogP) is 2.24. The predicted molar refractivity (Wildman–Crippen MR) is 104 cm³/mol. The van der Waals surface area contributed by atoms with Gasteiger partial charge in [0.1, 0.15) is 6.54 Å². The maximum atomic E-state index is 12.4. The summed E-state index contributed by atoms with van der Waals surface area (Å²) in [4.78, 5) is 48.4. The van der Waals surface area contributed by atoms with E-state index in [1.807, 2.05) is 0 Å². The molecule has 29 heavy (non-hydrogen) atoms. The zero-order valence-electron chi connectivity index (χ0n) is 16.3. The van der Waals surface area contributed by atoms with E-state index in [1.165, 1.54) is 13.2 Å².